The molecular formula is C32H57N3O10. The van der Waals surface area contributed by atoms with E-state index in [-0.39, 0.29) is 43.7 Å². The largest absolute Gasteiger partial charge is 0.459 e. The number of hydrogen-bond donors (Lipinski definition) is 3. The summed E-state index contributed by atoms with van der Waals surface area (Å²) < 4.78 is 31.3. The van der Waals surface area contributed by atoms with E-state index in [0.29, 0.717) is 19.4 Å². The van der Waals surface area contributed by atoms with Crippen LogP contribution in [0.3, 0.4) is 0 Å². The number of carbonyl (C=O) groups excluding carboxylic acids is 2. The first-order valence-corrected chi connectivity index (χ1v) is 16.4. The van der Waals surface area contributed by atoms with Crippen LogP contribution in [0.25, 0.3) is 0 Å². The molecule has 0 aromatic heterocycles. The second kappa shape index (κ2) is 15.5. The highest BCUT2D eigenvalue weighted by atomic mass is 16.7. The third-order valence-corrected chi connectivity index (χ3v) is 9.94. The van der Waals surface area contributed by atoms with Crippen LogP contribution in [-0.2, 0) is 33.3 Å². The molecule has 0 aliphatic carbocycles. The van der Waals surface area contributed by atoms with Crippen molar-refractivity contribution in [2.45, 2.75) is 141 Å². The minimum absolute atomic E-state index is 0.145. The van der Waals surface area contributed by atoms with E-state index >= 15 is 0 Å². The minimum atomic E-state index is -1.66. The van der Waals surface area contributed by atoms with Crippen molar-refractivity contribution in [2.24, 2.45) is 22.9 Å². The summed E-state index contributed by atoms with van der Waals surface area (Å²) in [6.07, 6.45) is -4.06. The van der Waals surface area contributed by atoms with E-state index < -0.39 is 71.5 Å². The van der Waals surface area contributed by atoms with Crippen LogP contribution in [0.1, 0.15) is 74.7 Å². The summed E-state index contributed by atoms with van der Waals surface area (Å²) in [5.74, 6) is -3.63. The number of esters is 1. The lowest BCUT2D eigenvalue weighted by atomic mass is 9.79. The van der Waals surface area contributed by atoms with Crippen molar-refractivity contribution in [3.8, 4) is 0 Å². The number of ether oxygens (including phenoxy) is 5. The Morgan fingerprint density at radius 3 is 2.38 bits per heavy atom. The summed E-state index contributed by atoms with van der Waals surface area (Å²) in [6.45, 7) is 14.2. The highest BCUT2D eigenvalue weighted by Gasteiger charge is 2.51. The molecule has 45 heavy (non-hydrogen) atoms. The quantitative estimate of drug-likeness (QED) is 0.227. The molecule has 4 fully saturated rings. The molecule has 260 valence electrons. The van der Waals surface area contributed by atoms with Crippen molar-refractivity contribution in [1.29, 1.82) is 0 Å². The third kappa shape index (κ3) is 8.67. The molecule has 14 atom stereocenters. The van der Waals surface area contributed by atoms with Gasteiger partial charge in [0.05, 0.1) is 37.1 Å². The summed E-state index contributed by atoms with van der Waals surface area (Å²) in [5, 5.41) is 30.0. The molecule has 4 rings (SSSR count). The number of ketones is 1. The smallest absolute Gasteiger partial charge is 0.316 e. The minimum Gasteiger partial charge on any atom is -0.459 e. The first-order chi connectivity index (χ1) is 21.0. The second-order valence-electron chi connectivity index (χ2n) is 14.2. The van der Waals surface area contributed by atoms with E-state index in [2.05, 4.69) is 10.5 Å². The van der Waals surface area contributed by atoms with Gasteiger partial charge in [-0.15, -0.1) is 0 Å². The number of nitrogens with zero attached hydrogens (tertiary/aromatic N) is 2. The van der Waals surface area contributed by atoms with Gasteiger partial charge in [-0.1, -0.05) is 25.9 Å². The first kappa shape index (κ1) is 37.9. The van der Waals surface area contributed by atoms with Crippen molar-refractivity contribution in [3.05, 3.63) is 4.91 Å². The molecule has 3 N–H and O–H groups in total. The fourth-order valence-corrected chi connectivity index (χ4v) is 7.24. The van der Waals surface area contributed by atoms with Crippen LogP contribution >= 0.6 is 0 Å². The number of Topliss-reactive ketones (excluding diaryl/α,β-unsaturated/α-hetero) is 1. The summed E-state index contributed by atoms with van der Waals surface area (Å²) >= 11 is 0. The number of carbonyl (C=O) groups is 2. The Morgan fingerprint density at radius 1 is 1.11 bits per heavy atom. The second-order valence-corrected chi connectivity index (χ2v) is 14.2. The highest BCUT2D eigenvalue weighted by Crippen LogP contribution is 2.37. The molecule has 13 nitrogen and oxygen atoms in total. The number of aliphatic hydroxyl groups is 2. The number of rotatable bonds is 5. The molecule has 0 amide bonds. The van der Waals surface area contributed by atoms with Gasteiger partial charge in [-0.25, -0.2) is 0 Å². The maximum Gasteiger partial charge on any atom is 0.316 e. The molecule has 13 heteroatoms. The number of nitrogens with one attached hydrogen (secondary N) is 1. The molecule has 2 bridgehead atoms. The molecule has 4 heterocycles. The molecule has 0 spiro atoms. The van der Waals surface area contributed by atoms with Crippen LogP contribution < -0.4 is 5.32 Å². The van der Waals surface area contributed by atoms with E-state index in [4.69, 9.17) is 23.7 Å². The Morgan fingerprint density at radius 2 is 1.78 bits per heavy atom. The topological polar surface area (TPSA) is 165 Å². The highest BCUT2D eigenvalue weighted by molar-refractivity contribution is 6.00. The SMILES string of the molecule is CC[C@H]1OC(=O)[C@H](C)C(=O)[C@H](C)[C@@H](O[C@@H]2O[C@H](C)C[C@H](N(C)C)[C@H]2O)[C@@]2(C)C[C@@H](C)NC[C@H](C)[C@@H](OCC(N=O)CO2)[C@]1(C)O. The molecule has 4 aliphatic rings. The molecule has 4 aliphatic heterocycles. The van der Waals surface area contributed by atoms with E-state index in [1.54, 1.807) is 27.7 Å². The van der Waals surface area contributed by atoms with E-state index in [1.807, 2.05) is 39.8 Å². The molecule has 4 saturated heterocycles. The Kier molecular flexibility index (Phi) is 13.1. The zero-order chi connectivity index (χ0) is 33.9. The first-order valence-electron chi connectivity index (χ1n) is 16.4. The van der Waals surface area contributed by atoms with Crippen molar-refractivity contribution < 1.29 is 43.5 Å². The summed E-state index contributed by atoms with van der Waals surface area (Å²) in [4.78, 5) is 41.6. The van der Waals surface area contributed by atoms with Gasteiger partial charge in [-0.2, -0.15) is 4.91 Å². The van der Waals surface area contributed by atoms with Gasteiger partial charge in [-0.3, -0.25) is 9.59 Å². The van der Waals surface area contributed by atoms with Crippen molar-refractivity contribution in [3.63, 3.8) is 0 Å². The zero-order valence-electron chi connectivity index (χ0n) is 28.7. The lowest BCUT2D eigenvalue weighted by molar-refractivity contribution is -0.297. The van der Waals surface area contributed by atoms with Crippen LogP contribution in [0.4, 0.5) is 0 Å². The molecule has 0 aromatic carbocycles. The lowest BCUT2D eigenvalue weighted by Crippen LogP contribution is -2.60. The average Bonchev–Trinajstić information content (AvgIpc) is 2.97. The van der Waals surface area contributed by atoms with Crippen LogP contribution in [0, 0.1) is 22.7 Å². The van der Waals surface area contributed by atoms with Gasteiger partial charge in [0.25, 0.3) is 0 Å². The average molecular weight is 644 g/mol. The van der Waals surface area contributed by atoms with Gasteiger partial charge < -0.3 is 44.1 Å². The predicted octanol–water partition coefficient (Wildman–Crippen LogP) is 2.04. The monoisotopic (exact) mass is 643 g/mol. The predicted molar refractivity (Wildman–Crippen MR) is 166 cm³/mol. The van der Waals surface area contributed by atoms with Gasteiger partial charge in [0.15, 0.2) is 12.1 Å². The maximum absolute atomic E-state index is 14.1. The fourth-order valence-electron chi connectivity index (χ4n) is 7.24. The van der Waals surface area contributed by atoms with E-state index in [0.717, 1.165) is 0 Å². The summed E-state index contributed by atoms with van der Waals surface area (Å²) in [7, 11) is 3.75. The van der Waals surface area contributed by atoms with E-state index in [1.165, 1.54) is 6.92 Å². The molecule has 0 saturated carbocycles. The Labute approximate surface area is 268 Å². The van der Waals surface area contributed by atoms with Crippen molar-refractivity contribution >= 4 is 11.8 Å². The summed E-state index contributed by atoms with van der Waals surface area (Å²) in [5.41, 5.74) is -2.87. The van der Waals surface area contributed by atoms with Crippen LogP contribution in [0.2, 0.25) is 0 Å². The van der Waals surface area contributed by atoms with Gasteiger partial charge in [0.2, 0.25) is 0 Å². The zero-order valence-corrected chi connectivity index (χ0v) is 28.7. The Bertz CT molecular complexity index is 1010. The van der Waals surface area contributed by atoms with Crippen LogP contribution in [0.15, 0.2) is 5.18 Å². The Balaban J connectivity index is 2.17. The number of fused-ring (bicyclic) bond motifs is 15. The van der Waals surface area contributed by atoms with Crippen LogP contribution in [-0.4, -0.2) is 127 Å². The van der Waals surface area contributed by atoms with E-state index in [9.17, 15) is 24.7 Å². The number of likely N-dealkylation sites (N-methyl/N-ethyl adjacent to an activating group) is 1. The lowest BCUT2D eigenvalue weighted by Gasteiger charge is -2.47. The van der Waals surface area contributed by atoms with Crippen LogP contribution in [0.5, 0.6) is 0 Å². The van der Waals surface area contributed by atoms with Gasteiger partial charge in [0.1, 0.15) is 29.8 Å². The normalized spacial score (nSPS) is 46.3. The molecule has 1 unspecified atom stereocenters. The molecule has 0 radical (unpaired) electrons. The van der Waals surface area contributed by atoms with Gasteiger partial charge in [0, 0.05) is 24.5 Å². The van der Waals surface area contributed by atoms with Gasteiger partial charge >= 0.3 is 5.97 Å². The number of hydrogen-bond acceptors (Lipinski definition) is 13. The maximum atomic E-state index is 14.1. The molecule has 0 aromatic rings. The Hall–Kier alpha value is -1.58. The summed E-state index contributed by atoms with van der Waals surface area (Å²) in [6, 6.07) is -1.39. The standard InChI is InChI=1S/C32H57N3O10/c1-11-24-32(8,39)27-17(2)14-33-18(3)13-31(7,42-16-22(34-40)15-41-27)28(20(5)25(36)21(6)29(38)44-24)45-30-26(37)23(35(9)10)12-19(4)43-30/h17-24,26-28,30,33,37,39H,11-16H2,1-10H3/t17-,18+,19+,20-,21+,22?,23-,24+,26+,27+,28+,30-,31+,32+/m0/s1. The number of nitroso groups, excluding NO2 is 1. The third-order valence-electron chi connectivity index (χ3n) is 9.94. The van der Waals surface area contributed by atoms with Gasteiger partial charge in [-0.05, 0) is 73.9 Å². The fraction of sp³-hybridized carbons (Fsp3) is 0.938. The number of aliphatic hydroxyl groups excluding tert-OH is 1. The van der Waals surface area contributed by atoms with Crippen molar-refractivity contribution in [1.82, 2.24) is 10.2 Å². The van der Waals surface area contributed by atoms with Crippen molar-refractivity contribution in [2.75, 3.05) is 33.9 Å². The molecular weight excluding hydrogens is 586 g/mol.